The van der Waals surface area contributed by atoms with E-state index < -0.39 is 0 Å². The molecule has 2 amide bonds. The Balaban J connectivity index is 1.38. The average Bonchev–Trinajstić information content (AvgIpc) is 2.81. The molecule has 7 nitrogen and oxygen atoms in total. The molecular weight excluding hydrogens is 479 g/mol. The van der Waals surface area contributed by atoms with E-state index in [0.29, 0.717) is 46.1 Å². The van der Waals surface area contributed by atoms with Gasteiger partial charge >= 0.3 is 0 Å². The quantitative estimate of drug-likeness (QED) is 0.464. The fourth-order valence-electron chi connectivity index (χ4n) is 3.35. The van der Waals surface area contributed by atoms with E-state index in [4.69, 9.17) is 37.4 Å². The first-order valence-electron chi connectivity index (χ1n) is 10.5. The van der Waals surface area contributed by atoms with E-state index in [1.807, 2.05) is 31.2 Å². The molecule has 0 aromatic heterocycles. The number of halogens is 2. The molecule has 3 aromatic rings. The number of nitrogens with one attached hydrogen (secondary N) is 1. The van der Waals surface area contributed by atoms with Gasteiger partial charge in [-0.05, 0) is 55.5 Å². The average molecular weight is 501 g/mol. The second kappa shape index (κ2) is 10.7. The van der Waals surface area contributed by atoms with E-state index in [1.165, 1.54) is 6.07 Å². The number of nitrogens with zero attached hydrogens (tertiary/aromatic N) is 1. The fourth-order valence-corrected chi connectivity index (χ4v) is 3.81. The lowest BCUT2D eigenvalue weighted by Gasteiger charge is -2.29. The van der Waals surface area contributed by atoms with Crippen molar-refractivity contribution in [2.24, 2.45) is 0 Å². The first kappa shape index (κ1) is 23.7. The molecule has 0 saturated carbocycles. The number of ether oxygens (including phenoxy) is 3. The third-order valence-corrected chi connectivity index (χ3v) is 5.57. The number of hydrogen-bond donors (Lipinski definition) is 1. The Bertz CT molecular complexity index is 1200. The summed E-state index contributed by atoms with van der Waals surface area (Å²) in [4.78, 5) is 26.5. The second-order valence-electron chi connectivity index (χ2n) is 7.59. The van der Waals surface area contributed by atoms with E-state index in [1.54, 1.807) is 35.2 Å². The van der Waals surface area contributed by atoms with Crippen LogP contribution in [0.3, 0.4) is 0 Å². The summed E-state index contributed by atoms with van der Waals surface area (Å²) in [6.07, 6.45) is 0. The molecule has 1 aliphatic heterocycles. The van der Waals surface area contributed by atoms with Crippen molar-refractivity contribution in [1.29, 1.82) is 0 Å². The van der Waals surface area contributed by atoms with Crippen molar-refractivity contribution in [2.75, 3.05) is 36.6 Å². The highest BCUT2D eigenvalue weighted by Gasteiger charge is 2.26. The van der Waals surface area contributed by atoms with E-state index in [-0.39, 0.29) is 25.0 Å². The maximum absolute atomic E-state index is 12.5. The molecule has 0 aliphatic carbocycles. The predicted molar refractivity (Wildman–Crippen MR) is 132 cm³/mol. The van der Waals surface area contributed by atoms with Crippen molar-refractivity contribution in [3.05, 3.63) is 76.3 Å². The summed E-state index contributed by atoms with van der Waals surface area (Å²) in [5.41, 5.74) is 2.20. The second-order valence-corrected chi connectivity index (χ2v) is 8.43. The molecule has 0 bridgehead atoms. The van der Waals surface area contributed by atoms with Gasteiger partial charge in [0.1, 0.15) is 23.9 Å². The minimum Gasteiger partial charge on any atom is -0.492 e. The summed E-state index contributed by atoms with van der Waals surface area (Å²) >= 11 is 11.9. The number of hydrogen-bond acceptors (Lipinski definition) is 5. The van der Waals surface area contributed by atoms with Crippen LogP contribution < -0.4 is 24.4 Å². The zero-order chi connectivity index (χ0) is 24.1. The van der Waals surface area contributed by atoms with Crippen LogP contribution in [-0.4, -0.2) is 38.2 Å². The maximum atomic E-state index is 12.5. The minimum atomic E-state index is -0.386. The number of aryl methyl sites for hydroxylation is 1. The van der Waals surface area contributed by atoms with Gasteiger partial charge in [0, 0.05) is 10.7 Å². The Morgan fingerprint density at radius 1 is 1.06 bits per heavy atom. The lowest BCUT2D eigenvalue weighted by molar-refractivity contribution is -0.121. The molecule has 0 spiro atoms. The lowest BCUT2D eigenvalue weighted by Crippen LogP contribution is -2.41. The number of carbonyl (C=O) groups excluding carboxylic acids is 2. The van der Waals surface area contributed by atoms with Crippen LogP contribution in [0.1, 0.15) is 5.56 Å². The zero-order valence-electron chi connectivity index (χ0n) is 18.3. The van der Waals surface area contributed by atoms with Crippen LogP contribution in [0.5, 0.6) is 17.2 Å². The van der Waals surface area contributed by atoms with Gasteiger partial charge in [0.05, 0.1) is 17.3 Å². The van der Waals surface area contributed by atoms with Crippen LogP contribution in [0.15, 0.2) is 60.7 Å². The highest BCUT2D eigenvalue weighted by molar-refractivity contribution is 6.35. The molecule has 176 valence electrons. The molecule has 0 saturated heterocycles. The summed E-state index contributed by atoms with van der Waals surface area (Å²) in [7, 11) is 0. The molecular formula is C25H22Cl2N2O5. The lowest BCUT2D eigenvalue weighted by atomic mass is 10.2. The Labute approximate surface area is 207 Å². The molecule has 1 aliphatic rings. The molecule has 9 heteroatoms. The smallest absolute Gasteiger partial charge is 0.265 e. The number of amides is 2. The van der Waals surface area contributed by atoms with Gasteiger partial charge in [-0.1, -0.05) is 40.9 Å². The number of anilines is 2. The molecule has 0 unspecified atom stereocenters. The molecule has 4 rings (SSSR count). The SMILES string of the molecule is Cc1ccc(OCCN2C(=O)COc3ccc(NC(=O)COc4ccc(Cl)cc4Cl)cc32)cc1. The van der Waals surface area contributed by atoms with E-state index in [9.17, 15) is 9.59 Å². The predicted octanol–water partition coefficient (Wildman–Crippen LogP) is 5.12. The van der Waals surface area contributed by atoms with Crippen molar-refractivity contribution >= 4 is 46.4 Å². The van der Waals surface area contributed by atoms with Crippen LogP contribution >= 0.6 is 23.2 Å². The third kappa shape index (κ3) is 5.92. The zero-order valence-corrected chi connectivity index (χ0v) is 19.9. The van der Waals surface area contributed by atoms with Crippen molar-refractivity contribution in [1.82, 2.24) is 0 Å². The van der Waals surface area contributed by atoms with Gasteiger partial charge in [0.2, 0.25) is 0 Å². The van der Waals surface area contributed by atoms with E-state index >= 15 is 0 Å². The molecule has 0 fully saturated rings. The first-order chi connectivity index (χ1) is 16.4. The Hall–Kier alpha value is -3.42. The van der Waals surface area contributed by atoms with Crippen molar-refractivity contribution < 1.29 is 23.8 Å². The minimum absolute atomic E-state index is 0.0566. The number of carbonyl (C=O) groups is 2. The molecule has 34 heavy (non-hydrogen) atoms. The molecule has 1 N–H and O–H groups in total. The van der Waals surface area contributed by atoms with Crippen molar-refractivity contribution in [3.8, 4) is 17.2 Å². The topological polar surface area (TPSA) is 77.1 Å². The maximum Gasteiger partial charge on any atom is 0.265 e. The van der Waals surface area contributed by atoms with Crippen LogP contribution in [0.25, 0.3) is 0 Å². The highest BCUT2D eigenvalue weighted by Crippen LogP contribution is 2.34. The molecule has 0 atom stereocenters. The summed E-state index contributed by atoms with van der Waals surface area (Å²) in [5.74, 6) is 1.06. The largest absolute Gasteiger partial charge is 0.492 e. The Morgan fingerprint density at radius 2 is 1.85 bits per heavy atom. The van der Waals surface area contributed by atoms with Gasteiger partial charge in [-0.2, -0.15) is 0 Å². The highest BCUT2D eigenvalue weighted by atomic mass is 35.5. The summed E-state index contributed by atoms with van der Waals surface area (Å²) in [6, 6.07) is 17.5. The fraction of sp³-hybridized carbons (Fsp3) is 0.200. The van der Waals surface area contributed by atoms with Gasteiger partial charge in [-0.3, -0.25) is 9.59 Å². The summed E-state index contributed by atoms with van der Waals surface area (Å²) in [6.45, 7) is 2.34. The number of benzene rings is 3. The van der Waals surface area contributed by atoms with Gasteiger partial charge in [-0.25, -0.2) is 0 Å². The van der Waals surface area contributed by atoms with Gasteiger partial charge in [0.25, 0.3) is 11.8 Å². The summed E-state index contributed by atoms with van der Waals surface area (Å²) < 4.78 is 16.8. The van der Waals surface area contributed by atoms with Gasteiger partial charge in [-0.15, -0.1) is 0 Å². The third-order valence-electron chi connectivity index (χ3n) is 5.04. The van der Waals surface area contributed by atoms with Gasteiger partial charge < -0.3 is 24.4 Å². The van der Waals surface area contributed by atoms with Crippen molar-refractivity contribution in [3.63, 3.8) is 0 Å². The molecule has 1 heterocycles. The van der Waals surface area contributed by atoms with E-state index in [0.717, 1.165) is 11.3 Å². The van der Waals surface area contributed by atoms with Crippen LogP contribution in [0, 0.1) is 6.92 Å². The van der Waals surface area contributed by atoms with Crippen LogP contribution in [-0.2, 0) is 9.59 Å². The Kier molecular flexibility index (Phi) is 7.45. The normalized spacial score (nSPS) is 12.6. The number of fused-ring (bicyclic) bond motifs is 1. The van der Waals surface area contributed by atoms with Crippen molar-refractivity contribution in [2.45, 2.75) is 6.92 Å². The monoisotopic (exact) mass is 500 g/mol. The Morgan fingerprint density at radius 3 is 2.62 bits per heavy atom. The van der Waals surface area contributed by atoms with Crippen LogP contribution in [0.4, 0.5) is 11.4 Å². The first-order valence-corrected chi connectivity index (χ1v) is 11.3. The van der Waals surface area contributed by atoms with Crippen LogP contribution in [0.2, 0.25) is 10.0 Å². The molecule has 3 aromatic carbocycles. The number of rotatable bonds is 8. The van der Waals surface area contributed by atoms with E-state index in [2.05, 4.69) is 5.32 Å². The summed E-state index contributed by atoms with van der Waals surface area (Å²) in [5, 5.41) is 3.54. The molecule has 0 radical (unpaired) electrons. The standard InChI is InChI=1S/C25H22Cl2N2O5/c1-16-2-6-19(7-3-16)32-11-10-29-21-13-18(5-9-23(21)34-15-25(29)31)28-24(30)14-33-22-8-4-17(26)12-20(22)27/h2-9,12-13H,10-11,14-15H2,1H3,(H,28,30). The van der Waals surface area contributed by atoms with Gasteiger partial charge in [0.15, 0.2) is 13.2 Å².